The van der Waals surface area contributed by atoms with Crippen molar-refractivity contribution in [3.8, 4) is 5.75 Å². The van der Waals surface area contributed by atoms with Crippen LogP contribution in [0, 0.1) is 5.82 Å². The SMILES string of the molecule is COc1ccc(CNC(=O)c2c(Cl)cc[n+](OC)c2Cl)cc1F. The molecule has 1 heterocycles. The maximum Gasteiger partial charge on any atom is 0.339 e. The van der Waals surface area contributed by atoms with Gasteiger partial charge in [-0.1, -0.05) is 17.7 Å². The molecule has 2 aromatic rings. The molecule has 5 nitrogen and oxygen atoms in total. The Balaban J connectivity index is 2.16. The minimum atomic E-state index is -0.507. The molecule has 8 heteroatoms. The van der Waals surface area contributed by atoms with Crippen molar-refractivity contribution < 1.29 is 23.5 Å². The van der Waals surface area contributed by atoms with Gasteiger partial charge in [0.2, 0.25) is 6.20 Å². The lowest BCUT2D eigenvalue weighted by molar-refractivity contribution is -0.883. The highest BCUT2D eigenvalue weighted by molar-refractivity contribution is 6.38. The second-order valence-corrected chi connectivity index (χ2v) is 5.25. The summed E-state index contributed by atoms with van der Waals surface area (Å²) < 4.78 is 19.7. The third-order valence-corrected chi connectivity index (χ3v) is 3.76. The van der Waals surface area contributed by atoms with Crippen LogP contribution >= 0.6 is 23.2 Å². The van der Waals surface area contributed by atoms with Gasteiger partial charge < -0.3 is 10.1 Å². The van der Waals surface area contributed by atoms with Gasteiger partial charge in [-0.15, -0.1) is 0 Å². The number of nitrogens with one attached hydrogen (secondary N) is 1. The molecule has 0 saturated heterocycles. The van der Waals surface area contributed by atoms with E-state index in [-0.39, 0.29) is 28.0 Å². The fraction of sp³-hybridized carbons (Fsp3) is 0.200. The van der Waals surface area contributed by atoms with Gasteiger partial charge in [0, 0.05) is 17.3 Å². The fourth-order valence-electron chi connectivity index (χ4n) is 1.92. The molecule has 0 unspecified atom stereocenters. The molecule has 0 radical (unpaired) electrons. The summed E-state index contributed by atoms with van der Waals surface area (Å²) in [6.07, 6.45) is 1.49. The first kappa shape index (κ1) is 17.3. The lowest BCUT2D eigenvalue weighted by Crippen LogP contribution is -2.43. The van der Waals surface area contributed by atoms with Crippen LogP contribution in [-0.4, -0.2) is 20.1 Å². The van der Waals surface area contributed by atoms with Crippen LogP contribution < -0.4 is 19.6 Å². The number of rotatable bonds is 5. The molecule has 23 heavy (non-hydrogen) atoms. The summed E-state index contributed by atoms with van der Waals surface area (Å²) in [6, 6.07) is 5.89. The summed E-state index contributed by atoms with van der Waals surface area (Å²) in [5.41, 5.74) is 0.645. The van der Waals surface area contributed by atoms with Crippen LogP contribution in [0.25, 0.3) is 0 Å². The zero-order valence-corrected chi connectivity index (χ0v) is 13.9. The monoisotopic (exact) mass is 359 g/mol. The highest BCUT2D eigenvalue weighted by Gasteiger charge is 2.25. The lowest BCUT2D eigenvalue weighted by atomic mass is 10.2. The summed E-state index contributed by atoms with van der Waals surface area (Å²) in [4.78, 5) is 17.2. The van der Waals surface area contributed by atoms with Gasteiger partial charge in [0.05, 0.1) is 12.1 Å². The number of ether oxygens (including phenoxy) is 1. The number of benzene rings is 1. The van der Waals surface area contributed by atoms with Crippen molar-refractivity contribution in [3.63, 3.8) is 0 Å². The predicted molar refractivity (Wildman–Crippen MR) is 83.3 cm³/mol. The van der Waals surface area contributed by atoms with Crippen LogP contribution in [0.2, 0.25) is 10.2 Å². The number of hydrogen-bond acceptors (Lipinski definition) is 3. The first-order valence-corrected chi connectivity index (χ1v) is 7.28. The Bertz CT molecular complexity index is 741. The van der Waals surface area contributed by atoms with E-state index >= 15 is 0 Å². The topological polar surface area (TPSA) is 51.4 Å². The van der Waals surface area contributed by atoms with E-state index in [0.717, 1.165) is 0 Å². The average Bonchev–Trinajstić information content (AvgIpc) is 2.53. The van der Waals surface area contributed by atoms with E-state index in [1.165, 1.54) is 43.3 Å². The van der Waals surface area contributed by atoms with Gasteiger partial charge in [-0.25, -0.2) is 4.39 Å². The molecule has 0 aliphatic carbocycles. The molecule has 0 aliphatic rings. The number of methoxy groups -OCH3 is 1. The van der Waals surface area contributed by atoms with E-state index in [1.54, 1.807) is 6.07 Å². The number of carbonyl (C=O) groups is 1. The normalized spacial score (nSPS) is 10.3. The zero-order chi connectivity index (χ0) is 17.0. The number of halogens is 3. The van der Waals surface area contributed by atoms with E-state index in [4.69, 9.17) is 32.8 Å². The summed E-state index contributed by atoms with van der Waals surface area (Å²) >= 11 is 12.1. The van der Waals surface area contributed by atoms with E-state index in [0.29, 0.717) is 5.56 Å². The Kier molecular flexibility index (Phi) is 5.63. The third-order valence-electron chi connectivity index (χ3n) is 3.09. The molecular weight excluding hydrogens is 346 g/mol. The van der Waals surface area contributed by atoms with Crippen LogP contribution in [-0.2, 0) is 6.54 Å². The first-order chi connectivity index (χ1) is 11.0. The van der Waals surface area contributed by atoms with Crippen LogP contribution in [0.1, 0.15) is 15.9 Å². The van der Waals surface area contributed by atoms with Crippen LogP contribution in [0.3, 0.4) is 0 Å². The highest BCUT2D eigenvalue weighted by atomic mass is 35.5. The third kappa shape index (κ3) is 3.83. The van der Waals surface area contributed by atoms with Gasteiger partial charge in [-0.3, -0.25) is 9.63 Å². The Morgan fingerprint density at radius 2 is 2.04 bits per heavy atom. The molecular formula is C15H14Cl2FN2O3+. The highest BCUT2D eigenvalue weighted by Crippen LogP contribution is 2.21. The summed E-state index contributed by atoms with van der Waals surface area (Å²) in [6.45, 7) is 0.105. The molecule has 0 spiro atoms. The molecule has 1 amide bonds. The number of aromatic nitrogens is 1. The van der Waals surface area contributed by atoms with Gasteiger partial charge in [-0.2, -0.15) is 0 Å². The first-order valence-electron chi connectivity index (χ1n) is 6.52. The Morgan fingerprint density at radius 1 is 1.30 bits per heavy atom. The largest absolute Gasteiger partial charge is 0.494 e. The molecule has 0 bridgehead atoms. The van der Waals surface area contributed by atoms with Gasteiger partial charge in [0.25, 0.3) is 5.91 Å². The Hall–Kier alpha value is -2.05. The molecule has 1 aromatic carbocycles. The molecule has 1 N–H and O–H groups in total. The van der Waals surface area contributed by atoms with Gasteiger partial charge >= 0.3 is 5.15 Å². The number of nitrogens with zero attached hydrogens (tertiary/aromatic N) is 1. The van der Waals surface area contributed by atoms with Crippen molar-refractivity contribution in [1.29, 1.82) is 0 Å². The zero-order valence-electron chi connectivity index (χ0n) is 12.4. The lowest BCUT2D eigenvalue weighted by Gasteiger charge is -2.08. The van der Waals surface area contributed by atoms with Gasteiger partial charge in [-0.05, 0) is 29.3 Å². The van der Waals surface area contributed by atoms with Crippen molar-refractivity contribution >= 4 is 29.1 Å². The minimum absolute atomic E-state index is 0.0402. The maximum atomic E-state index is 13.6. The van der Waals surface area contributed by atoms with Crippen molar-refractivity contribution in [1.82, 2.24) is 5.32 Å². The second kappa shape index (κ2) is 7.48. The molecule has 0 atom stereocenters. The van der Waals surface area contributed by atoms with E-state index < -0.39 is 11.7 Å². The maximum absolute atomic E-state index is 13.6. The molecule has 122 valence electrons. The average molecular weight is 360 g/mol. The van der Waals surface area contributed by atoms with E-state index in [9.17, 15) is 9.18 Å². The minimum Gasteiger partial charge on any atom is -0.494 e. The van der Waals surface area contributed by atoms with Crippen LogP contribution in [0.5, 0.6) is 5.75 Å². The summed E-state index contributed by atoms with van der Waals surface area (Å²) in [7, 11) is 2.78. The van der Waals surface area contributed by atoms with Gasteiger partial charge in [0.15, 0.2) is 11.6 Å². The smallest absolute Gasteiger partial charge is 0.339 e. The quantitative estimate of drug-likeness (QED) is 0.658. The van der Waals surface area contributed by atoms with E-state index in [1.807, 2.05) is 0 Å². The summed E-state index contributed by atoms with van der Waals surface area (Å²) in [5.74, 6) is -0.870. The second-order valence-electron chi connectivity index (χ2n) is 4.49. The van der Waals surface area contributed by atoms with Crippen LogP contribution in [0.15, 0.2) is 30.5 Å². The number of hydrogen-bond donors (Lipinski definition) is 1. The molecule has 2 rings (SSSR count). The predicted octanol–water partition coefficient (Wildman–Crippen LogP) is 2.42. The van der Waals surface area contributed by atoms with Crippen molar-refractivity contribution in [2.24, 2.45) is 0 Å². The van der Waals surface area contributed by atoms with Crippen molar-refractivity contribution in [2.45, 2.75) is 6.54 Å². The van der Waals surface area contributed by atoms with E-state index in [2.05, 4.69) is 5.32 Å². The number of pyridine rings is 1. The Morgan fingerprint density at radius 3 is 2.65 bits per heavy atom. The van der Waals surface area contributed by atoms with Crippen molar-refractivity contribution in [2.75, 3.05) is 14.2 Å². The number of amides is 1. The van der Waals surface area contributed by atoms with Crippen LogP contribution in [0.4, 0.5) is 4.39 Å². The standard InChI is InChI=1S/C15H13Cl2FN2O3/c1-22-12-4-3-9(7-11(12)18)8-19-15(21)13-10(16)5-6-20(23-2)14(13)17/h3-7H,8H2,1-2H3/p+1. The molecule has 1 aromatic heterocycles. The number of carbonyl (C=O) groups excluding carboxylic acids is 1. The molecule has 0 aliphatic heterocycles. The molecule has 0 fully saturated rings. The van der Waals surface area contributed by atoms with Gasteiger partial charge in [0.1, 0.15) is 12.7 Å². The fourth-order valence-corrected chi connectivity index (χ4v) is 2.52. The van der Waals surface area contributed by atoms with Crippen molar-refractivity contribution in [3.05, 3.63) is 57.6 Å². The summed E-state index contributed by atoms with van der Waals surface area (Å²) in [5, 5.41) is 2.85. The Labute approximate surface area is 142 Å². The molecule has 0 saturated carbocycles.